The molecule has 2 aromatic carbocycles. The van der Waals surface area contributed by atoms with Crippen molar-refractivity contribution in [3.8, 4) is 0 Å². The van der Waals surface area contributed by atoms with Crippen LogP contribution in [-0.2, 0) is 9.09 Å². The van der Waals surface area contributed by atoms with E-state index in [4.69, 9.17) is 4.52 Å². The average Bonchev–Trinajstić information content (AvgIpc) is 2.54. The summed E-state index contributed by atoms with van der Waals surface area (Å²) >= 11 is 6.84. The first-order chi connectivity index (χ1) is 10.1. The minimum atomic E-state index is -3.16. The summed E-state index contributed by atoms with van der Waals surface area (Å²) in [7, 11) is -3.16. The number of hydrogen-bond donors (Lipinski definition) is 1. The zero-order valence-electron chi connectivity index (χ0n) is 11.3. The molecule has 0 bridgehead atoms. The molecule has 2 atom stereocenters. The van der Waals surface area contributed by atoms with Gasteiger partial charge in [0.15, 0.2) is 0 Å². The fraction of sp³-hybridized carbons (Fsp3) is 0.200. The Morgan fingerprint density at radius 1 is 1.05 bits per heavy atom. The highest BCUT2D eigenvalue weighted by atomic mass is 79.9. The third kappa shape index (κ3) is 4.96. The molecule has 0 saturated carbocycles. The van der Waals surface area contributed by atoms with E-state index >= 15 is 0 Å². The highest BCUT2D eigenvalue weighted by Gasteiger charge is 2.26. The van der Waals surface area contributed by atoms with Crippen molar-refractivity contribution in [2.75, 3.05) is 17.0 Å². The van der Waals surface area contributed by atoms with Gasteiger partial charge < -0.3 is 9.61 Å². The lowest BCUT2D eigenvalue weighted by Gasteiger charge is -2.22. The van der Waals surface area contributed by atoms with E-state index in [0.717, 1.165) is 11.0 Å². The second-order valence-electron chi connectivity index (χ2n) is 4.41. The quantitative estimate of drug-likeness (QED) is 0.504. The van der Waals surface area contributed by atoms with Gasteiger partial charge in [-0.05, 0) is 24.3 Å². The van der Waals surface area contributed by atoms with Gasteiger partial charge in [0.1, 0.15) is 0 Å². The van der Waals surface area contributed by atoms with Crippen molar-refractivity contribution in [2.24, 2.45) is 0 Å². The fourth-order valence-corrected chi connectivity index (χ4v) is 4.02. The van der Waals surface area contributed by atoms with Crippen LogP contribution in [0.25, 0.3) is 0 Å². The summed E-state index contributed by atoms with van der Waals surface area (Å²) in [5, 5.41) is 4.43. The van der Waals surface area contributed by atoms with Crippen LogP contribution in [0.4, 0.5) is 5.69 Å². The van der Waals surface area contributed by atoms with E-state index in [1.54, 1.807) is 0 Å². The van der Waals surface area contributed by atoms with Crippen LogP contribution in [0.5, 0.6) is 0 Å². The molecule has 0 amide bonds. The van der Waals surface area contributed by atoms with Crippen molar-refractivity contribution in [1.82, 2.24) is 0 Å². The highest BCUT2D eigenvalue weighted by molar-refractivity contribution is 9.12. The molecule has 2 rings (SSSR count). The smallest absolute Gasteiger partial charge is 0.312 e. The SMILES string of the molecule is O=[P@@](Nc1ccccc1)(OC[C@H](Br)CBr)c1ccccc1. The van der Waals surface area contributed by atoms with Gasteiger partial charge in [0.05, 0.1) is 11.9 Å². The molecule has 0 fully saturated rings. The average molecular weight is 433 g/mol. The van der Waals surface area contributed by atoms with Crippen molar-refractivity contribution in [3.05, 3.63) is 60.7 Å². The van der Waals surface area contributed by atoms with Gasteiger partial charge in [-0.2, -0.15) is 0 Å². The first kappa shape index (κ1) is 16.8. The first-order valence-corrected chi connectivity index (χ1v) is 10.1. The van der Waals surface area contributed by atoms with E-state index in [0.29, 0.717) is 11.9 Å². The highest BCUT2D eigenvalue weighted by Crippen LogP contribution is 2.45. The molecule has 3 nitrogen and oxygen atoms in total. The molecule has 0 spiro atoms. The van der Waals surface area contributed by atoms with E-state index in [9.17, 15) is 4.57 Å². The maximum atomic E-state index is 13.2. The molecule has 2 aromatic rings. The molecule has 0 saturated heterocycles. The molecular formula is C15H16Br2NO2P. The Hall–Kier alpha value is -0.610. The van der Waals surface area contributed by atoms with Crippen LogP contribution in [0.1, 0.15) is 0 Å². The van der Waals surface area contributed by atoms with Crippen LogP contribution >= 0.6 is 39.4 Å². The zero-order valence-corrected chi connectivity index (χ0v) is 15.4. The Morgan fingerprint density at radius 2 is 1.62 bits per heavy atom. The molecule has 0 aliphatic rings. The summed E-state index contributed by atoms with van der Waals surface area (Å²) in [4.78, 5) is 0.104. The Morgan fingerprint density at radius 3 is 2.19 bits per heavy atom. The third-order valence-corrected chi connectivity index (χ3v) is 7.03. The Balaban J connectivity index is 2.24. The van der Waals surface area contributed by atoms with Crippen molar-refractivity contribution >= 4 is 50.4 Å². The van der Waals surface area contributed by atoms with Crippen LogP contribution in [0.3, 0.4) is 0 Å². The molecule has 0 heterocycles. The van der Waals surface area contributed by atoms with Gasteiger partial charge in [-0.25, -0.2) is 0 Å². The Labute approximate surface area is 141 Å². The van der Waals surface area contributed by atoms with E-state index in [-0.39, 0.29) is 4.83 Å². The van der Waals surface area contributed by atoms with Crippen molar-refractivity contribution in [2.45, 2.75) is 4.83 Å². The van der Waals surface area contributed by atoms with Crippen molar-refractivity contribution in [3.63, 3.8) is 0 Å². The molecule has 6 heteroatoms. The topological polar surface area (TPSA) is 38.3 Å². The van der Waals surface area contributed by atoms with Gasteiger partial charge in [0.25, 0.3) is 0 Å². The molecule has 0 unspecified atom stereocenters. The van der Waals surface area contributed by atoms with Gasteiger partial charge in [0, 0.05) is 15.8 Å². The standard InChI is InChI=1S/C15H16Br2NO2P/c16-11-13(17)12-20-21(19,15-9-5-2-6-10-15)18-14-7-3-1-4-8-14/h1-10,13H,11-12H2,(H,18,19)/t13-,21-/m1/s1. The monoisotopic (exact) mass is 431 g/mol. The van der Waals surface area contributed by atoms with Gasteiger partial charge in [0.2, 0.25) is 0 Å². The van der Waals surface area contributed by atoms with Gasteiger partial charge in [-0.3, -0.25) is 4.57 Å². The summed E-state index contributed by atoms with van der Waals surface area (Å²) in [6.45, 7) is 0.344. The summed E-state index contributed by atoms with van der Waals surface area (Å²) in [6, 6.07) is 18.7. The molecule has 112 valence electrons. The maximum absolute atomic E-state index is 13.2. The molecule has 0 aliphatic heterocycles. The number of alkyl halides is 2. The number of anilines is 1. The number of benzene rings is 2. The van der Waals surface area contributed by atoms with Crippen LogP contribution in [-0.4, -0.2) is 16.8 Å². The molecule has 21 heavy (non-hydrogen) atoms. The van der Waals surface area contributed by atoms with Crippen LogP contribution < -0.4 is 10.4 Å². The van der Waals surface area contributed by atoms with Crippen LogP contribution in [0.15, 0.2) is 60.7 Å². The summed E-state index contributed by atoms with van der Waals surface area (Å²) in [5.74, 6) is 0. The Bertz CT molecular complexity index is 595. The second-order valence-corrected chi connectivity index (χ2v) is 8.46. The van der Waals surface area contributed by atoms with Crippen LogP contribution in [0.2, 0.25) is 0 Å². The molecule has 0 aromatic heterocycles. The number of para-hydroxylation sites is 1. The Kier molecular flexibility index (Phi) is 6.49. The molecule has 0 radical (unpaired) electrons. The first-order valence-electron chi connectivity index (χ1n) is 6.47. The third-order valence-electron chi connectivity index (χ3n) is 2.75. The van der Waals surface area contributed by atoms with Gasteiger partial charge in [-0.1, -0.05) is 68.3 Å². The largest absolute Gasteiger partial charge is 0.323 e. The van der Waals surface area contributed by atoms with E-state index in [2.05, 4.69) is 36.9 Å². The minimum Gasteiger partial charge on any atom is -0.312 e. The lowest BCUT2D eigenvalue weighted by atomic mass is 10.3. The number of rotatable bonds is 7. The number of nitrogens with one attached hydrogen (secondary N) is 1. The summed E-state index contributed by atoms with van der Waals surface area (Å²) < 4.78 is 19.0. The second kappa shape index (κ2) is 8.14. The normalized spacial score (nSPS) is 15.1. The lowest BCUT2D eigenvalue weighted by Crippen LogP contribution is -2.18. The van der Waals surface area contributed by atoms with Crippen molar-refractivity contribution in [1.29, 1.82) is 0 Å². The molecular weight excluding hydrogens is 417 g/mol. The van der Waals surface area contributed by atoms with E-state index in [1.807, 2.05) is 60.7 Å². The predicted molar refractivity (Wildman–Crippen MR) is 96.2 cm³/mol. The van der Waals surface area contributed by atoms with Gasteiger partial charge >= 0.3 is 7.52 Å². The number of hydrogen-bond acceptors (Lipinski definition) is 2. The summed E-state index contributed by atoms with van der Waals surface area (Å²) in [5.41, 5.74) is 0.773. The van der Waals surface area contributed by atoms with Crippen LogP contribution in [0, 0.1) is 0 Å². The fourth-order valence-electron chi connectivity index (χ4n) is 1.71. The van der Waals surface area contributed by atoms with E-state index < -0.39 is 7.52 Å². The predicted octanol–water partition coefficient (Wildman–Crippen LogP) is 4.79. The van der Waals surface area contributed by atoms with Gasteiger partial charge in [-0.15, -0.1) is 0 Å². The van der Waals surface area contributed by atoms with E-state index in [1.165, 1.54) is 0 Å². The van der Waals surface area contributed by atoms with Crippen molar-refractivity contribution < 1.29 is 9.09 Å². The zero-order chi connectivity index (χ0) is 15.1. The summed E-state index contributed by atoms with van der Waals surface area (Å²) in [6.07, 6.45) is 0. The molecule has 0 aliphatic carbocycles. The number of halogens is 2. The lowest BCUT2D eigenvalue weighted by molar-refractivity contribution is 0.331. The maximum Gasteiger partial charge on any atom is 0.323 e. The molecule has 1 N–H and O–H groups in total. The minimum absolute atomic E-state index is 0.104.